The van der Waals surface area contributed by atoms with Gasteiger partial charge in [0.1, 0.15) is 0 Å². The van der Waals surface area contributed by atoms with Gasteiger partial charge in [0.05, 0.1) is 29.5 Å². The van der Waals surface area contributed by atoms with Crippen LogP contribution in [0.1, 0.15) is 36.6 Å². The molecule has 0 aliphatic carbocycles. The topological polar surface area (TPSA) is 140 Å². The molecule has 2 amide bonds. The highest BCUT2D eigenvalue weighted by Gasteiger charge is 2.33. The van der Waals surface area contributed by atoms with Gasteiger partial charge in [-0.1, -0.05) is 6.07 Å². The maximum atomic E-state index is 13.3. The number of nitrogens with zero attached hydrogens (tertiary/aromatic N) is 2. The second-order valence-electron chi connectivity index (χ2n) is 7.42. The van der Waals surface area contributed by atoms with Gasteiger partial charge in [-0.15, -0.1) is 0 Å². The largest absolute Gasteiger partial charge is 0.481 e. The number of methoxy groups -OCH3 is 1. The third-order valence-corrected chi connectivity index (χ3v) is 5.11. The third kappa shape index (κ3) is 5.41. The molecule has 0 fully saturated rings. The van der Waals surface area contributed by atoms with Crippen molar-refractivity contribution in [2.75, 3.05) is 19.1 Å². The van der Waals surface area contributed by atoms with E-state index in [1.54, 1.807) is 12.1 Å². The summed E-state index contributed by atoms with van der Waals surface area (Å²) in [6.45, 7) is 0. The number of carboxylic acids is 1. The van der Waals surface area contributed by atoms with Crippen molar-refractivity contribution in [2.45, 2.75) is 0 Å². The number of amides is 2. The number of ether oxygens (including phenoxy) is 1. The van der Waals surface area contributed by atoms with Crippen LogP contribution in [-0.2, 0) is 4.79 Å². The standard InChI is InChI=1S/C18H11F2NO4.C7H8N2O2/c1-21-15-5-3-10(18(24)25)8-11(15)16(22)12(17(21)23)6-9-2-4-13(19)14(20)7-9;1-11-6-3-2-5(4-9-6)7(8)10/h2-8H,1H3,(H,24,25);2-4H,1H3,(H2,8,10)/b12-6-;. The lowest BCUT2D eigenvalue weighted by Gasteiger charge is -2.26. The smallest absolute Gasteiger partial charge is 0.335 e. The number of pyridine rings is 1. The molecule has 0 bridgehead atoms. The van der Waals surface area contributed by atoms with Crippen molar-refractivity contribution < 1.29 is 37.8 Å². The second-order valence-corrected chi connectivity index (χ2v) is 7.42. The van der Waals surface area contributed by atoms with Crippen LogP contribution in [0.4, 0.5) is 14.5 Å². The minimum Gasteiger partial charge on any atom is -0.481 e. The molecule has 0 spiro atoms. The monoisotopic (exact) mass is 495 g/mol. The number of rotatable bonds is 4. The Labute approximate surface area is 203 Å². The summed E-state index contributed by atoms with van der Waals surface area (Å²) < 4.78 is 31.1. The number of halogens is 2. The van der Waals surface area contributed by atoms with E-state index < -0.39 is 35.2 Å². The number of fused-ring (bicyclic) bond motifs is 1. The van der Waals surface area contributed by atoms with Crippen LogP contribution >= 0.6 is 0 Å². The van der Waals surface area contributed by atoms with Crippen molar-refractivity contribution in [1.29, 1.82) is 0 Å². The lowest BCUT2D eigenvalue weighted by molar-refractivity contribution is -0.114. The average Bonchev–Trinajstić information content (AvgIpc) is 2.87. The lowest BCUT2D eigenvalue weighted by atomic mass is 9.92. The molecule has 2 aromatic carbocycles. The van der Waals surface area contributed by atoms with Crippen LogP contribution in [0.2, 0.25) is 0 Å². The zero-order valence-corrected chi connectivity index (χ0v) is 19.0. The third-order valence-electron chi connectivity index (χ3n) is 5.11. The van der Waals surface area contributed by atoms with E-state index in [0.29, 0.717) is 11.4 Å². The van der Waals surface area contributed by atoms with E-state index in [-0.39, 0.29) is 28.0 Å². The Morgan fingerprint density at radius 3 is 2.28 bits per heavy atom. The van der Waals surface area contributed by atoms with Gasteiger partial charge < -0.3 is 20.5 Å². The molecule has 3 N–H and O–H groups in total. The number of carbonyl (C=O) groups excluding carboxylic acids is 3. The van der Waals surface area contributed by atoms with Crippen LogP contribution in [0, 0.1) is 11.6 Å². The average molecular weight is 495 g/mol. The number of anilines is 1. The zero-order chi connectivity index (χ0) is 26.6. The molecule has 9 nitrogen and oxygen atoms in total. The van der Waals surface area contributed by atoms with Crippen molar-refractivity contribution in [1.82, 2.24) is 4.98 Å². The first kappa shape index (κ1) is 25.7. The lowest BCUT2D eigenvalue weighted by Crippen LogP contribution is -2.36. The summed E-state index contributed by atoms with van der Waals surface area (Å²) in [5.41, 5.74) is 5.48. The minimum atomic E-state index is -1.21. The quantitative estimate of drug-likeness (QED) is 0.419. The van der Waals surface area contributed by atoms with Gasteiger partial charge in [-0.25, -0.2) is 18.6 Å². The molecule has 0 unspecified atom stereocenters. The van der Waals surface area contributed by atoms with Gasteiger partial charge in [-0.2, -0.15) is 0 Å². The predicted molar refractivity (Wildman–Crippen MR) is 125 cm³/mol. The van der Waals surface area contributed by atoms with Crippen molar-refractivity contribution in [3.63, 3.8) is 0 Å². The molecular weight excluding hydrogens is 476 g/mol. The molecule has 0 atom stereocenters. The molecule has 1 aliphatic rings. The number of carbonyl (C=O) groups is 4. The Balaban J connectivity index is 0.000000275. The van der Waals surface area contributed by atoms with Crippen LogP contribution in [0.25, 0.3) is 6.08 Å². The van der Waals surface area contributed by atoms with Crippen LogP contribution in [0.15, 0.2) is 60.3 Å². The number of carboxylic acid groups (broad SMARTS) is 1. The molecule has 3 aromatic rings. The minimum absolute atomic E-state index is 0.0517. The fourth-order valence-electron chi connectivity index (χ4n) is 3.22. The number of nitrogens with two attached hydrogens (primary N) is 1. The highest BCUT2D eigenvalue weighted by Crippen LogP contribution is 2.31. The van der Waals surface area contributed by atoms with E-state index in [9.17, 15) is 28.0 Å². The fraction of sp³-hybridized carbons (Fsp3) is 0.0800. The molecule has 0 radical (unpaired) electrons. The summed E-state index contributed by atoms with van der Waals surface area (Å²) in [6.07, 6.45) is 2.53. The Morgan fingerprint density at radius 1 is 1.03 bits per heavy atom. The Hall–Kier alpha value is -4.93. The summed E-state index contributed by atoms with van der Waals surface area (Å²) in [5, 5.41) is 9.06. The molecule has 184 valence electrons. The van der Waals surface area contributed by atoms with Crippen molar-refractivity contribution in [2.24, 2.45) is 5.73 Å². The Morgan fingerprint density at radius 2 is 1.72 bits per heavy atom. The number of likely N-dealkylation sites (N-methyl/N-ethyl adjacent to an activating group) is 1. The zero-order valence-electron chi connectivity index (χ0n) is 19.0. The molecule has 4 rings (SSSR count). The molecule has 11 heteroatoms. The van der Waals surface area contributed by atoms with E-state index in [1.165, 1.54) is 49.5 Å². The van der Waals surface area contributed by atoms with Crippen LogP contribution < -0.4 is 15.4 Å². The summed E-state index contributed by atoms with van der Waals surface area (Å²) >= 11 is 0. The Kier molecular flexibility index (Phi) is 7.53. The van der Waals surface area contributed by atoms with E-state index in [0.717, 1.165) is 18.2 Å². The summed E-state index contributed by atoms with van der Waals surface area (Å²) in [4.78, 5) is 51.7. The van der Waals surface area contributed by atoms with Crippen molar-refractivity contribution >= 4 is 35.3 Å². The first-order valence-electron chi connectivity index (χ1n) is 10.2. The second kappa shape index (κ2) is 10.6. The van der Waals surface area contributed by atoms with Crippen LogP contribution in [-0.4, -0.2) is 47.8 Å². The van der Waals surface area contributed by atoms with Gasteiger partial charge in [0, 0.05) is 24.9 Å². The number of hydrogen-bond acceptors (Lipinski definition) is 6. The van der Waals surface area contributed by atoms with E-state index in [4.69, 9.17) is 15.6 Å². The van der Waals surface area contributed by atoms with Crippen LogP contribution in [0.3, 0.4) is 0 Å². The first-order valence-corrected chi connectivity index (χ1v) is 10.2. The van der Waals surface area contributed by atoms with Crippen molar-refractivity contribution in [3.05, 3.63) is 94.2 Å². The number of aromatic carboxylic acids is 1. The first-order chi connectivity index (χ1) is 17.0. The number of aromatic nitrogens is 1. The normalized spacial score (nSPS) is 13.6. The number of ketones is 1. The number of primary amides is 1. The maximum Gasteiger partial charge on any atom is 0.335 e. The molecular formula is C25H19F2N3O6. The highest BCUT2D eigenvalue weighted by molar-refractivity contribution is 6.36. The molecule has 36 heavy (non-hydrogen) atoms. The number of benzene rings is 2. The predicted octanol–water partition coefficient (Wildman–Crippen LogP) is 3.09. The van der Waals surface area contributed by atoms with E-state index in [2.05, 4.69) is 4.98 Å². The summed E-state index contributed by atoms with van der Waals surface area (Å²) in [7, 11) is 2.94. The molecule has 0 saturated carbocycles. The molecule has 0 saturated heterocycles. The highest BCUT2D eigenvalue weighted by atomic mass is 19.2. The van der Waals surface area contributed by atoms with E-state index in [1.807, 2.05) is 0 Å². The number of Topliss-reactive ketones (excluding diaryl/α,β-unsaturated/α-hetero) is 1. The van der Waals surface area contributed by atoms with Gasteiger partial charge in [0.15, 0.2) is 11.6 Å². The fourth-order valence-corrected chi connectivity index (χ4v) is 3.22. The van der Waals surface area contributed by atoms with Gasteiger partial charge in [-0.3, -0.25) is 14.4 Å². The Bertz CT molecular complexity index is 1400. The molecule has 1 aliphatic heterocycles. The summed E-state index contributed by atoms with van der Waals surface area (Å²) in [6, 6.07) is 9.99. The van der Waals surface area contributed by atoms with Crippen LogP contribution in [0.5, 0.6) is 5.88 Å². The van der Waals surface area contributed by atoms with Gasteiger partial charge in [0.2, 0.25) is 17.6 Å². The SMILES string of the molecule is CN1C(=O)/C(=C\c2ccc(F)c(F)c2)C(=O)c2cc(C(=O)O)ccc21.COc1ccc(C(N)=O)cn1. The van der Waals surface area contributed by atoms with Gasteiger partial charge in [-0.05, 0) is 48.0 Å². The number of hydrogen-bond donors (Lipinski definition) is 2. The van der Waals surface area contributed by atoms with Crippen molar-refractivity contribution in [3.8, 4) is 5.88 Å². The maximum absolute atomic E-state index is 13.3. The summed E-state index contributed by atoms with van der Waals surface area (Å²) in [5.74, 6) is -4.67. The van der Waals surface area contributed by atoms with E-state index >= 15 is 0 Å². The molecule has 1 aromatic heterocycles. The molecule has 2 heterocycles. The van der Waals surface area contributed by atoms with Gasteiger partial charge in [0.25, 0.3) is 5.91 Å². The van der Waals surface area contributed by atoms with Gasteiger partial charge >= 0.3 is 5.97 Å².